The van der Waals surface area contributed by atoms with E-state index in [9.17, 15) is 0 Å². The summed E-state index contributed by atoms with van der Waals surface area (Å²) in [5.41, 5.74) is 7.05. The lowest BCUT2D eigenvalue weighted by atomic mass is 10.4. The molecule has 1 heterocycles. The van der Waals surface area contributed by atoms with E-state index in [-0.39, 0.29) is 0 Å². The van der Waals surface area contributed by atoms with Gasteiger partial charge in [0.2, 0.25) is 5.95 Å². The van der Waals surface area contributed by atoms with Gasteiger partial charge >= 0.3 is 0 Å². The van der Waals surface area contributed by atoms with Crippen molar-refractivity contribution in [2.24, 2.45) is 5.73 Å². The molecule has 0 saturated carbocycles. The minimum absolute atomic E-state index is 0.567. The third-order valence-corrected chi connectivity index (χ3v) is 2.10. The largest absolute Gasteiger partial charge is 0.380 e. The third-order valence-electron chi connectivity index (χ3n) is 2.10. The number of nitrogens with two attached hydrogens (primary N) is 1. The van der Waals surface area contributed by atoms with Crippen LogP contribution in [0.2, 0.25) is 0 Å². The molecule has 1 aromatic rings. The van der Waals surface area contributed by atoms with Crippen molar-refractivity contribution in [2.75, 3.05) is 31.6 Å². The number of nitrogens with zero attached hydrogens (tertiary/aromatic N) is 3. The fraction of sp³-hybridized carbons (Fsp3) is 0.700. The zero-order chi connectivity index (χ0) is 11.8. The van der Waals surface area contributed by atoms with Crippen molar-refractivity contribution in [1.29, 1.82) is 0 Å². The number of ether oxygens (including phenoxy) is 1. The summed E-state index contributed by atoms with van der Waals surface area (Å²) in [6.07, 6.45) is 0.899. The summed E-state index contributed by atoms with van der Waals surface area (Å²) < 4.78 is 5.24. The Labute approximate surface area is 95.6 Å². The molecule has 0 bridgehead atoms. The maximum absolute atomic E-state index is 5.30. The molecular formula is C10H19N5O. The van der Waals surface area contributed by atoms with E-state index in [0.29, 0.717) is 25.7 Å². The standard InChI is InChI=1S/C10H19N5O/c1-8-9(2)14-15-10(13-8)12-5-3-6-16-7-4-11/h3-7,11H2,1-2H3,(H,12,13,15). The molecule has 0 aromatic carbocycles. The predicted molar refractivity (Wildman–Crippen MR) is 62.3 cm³/mol. The highest BCUT2D eigenvalue weighted by atomic mass is 16.5. The van der Waals surface area contributed by atoms with E-state index < -0.39 is 0 Å². The van der Waals surface area contributed by atoms with Gasteiger partial charge in [0.05, 0.1) is 18.0 Å². The molecule has 3 N–H and O–H groups in total. The molecule has 0 saturated heterocycles. The number of hydrogen-bond donors (Lipinski definition) is 2. The van der Waals surface area contributed by atoms with E-state index in [4.69, 9.17) is 10.5 Å². The SMILES string of the molecule is Cc1nnc(NCCCOCCN)nc1C. The fourth-order valence-electron chi connectivity index (χ4n) is 1.09. The Morgan fingerprint density at radius 2 is 2.00 bits per heavy atom. The molecule has 0 unspecified atom stereocenters. The highest BCUT2D eigenvalue weighted by molar-refractivity contribution is 5.24. The second-order valence-electron chi connectivity index (χ2n) is 3.49. The van der Waals surface area contributed by atoms with Crippen LogP contribution in [-0.4, -0.2) is 41.5 Å². The minimum atomic E-state index is 0.567. The Morgan fingerprint density at radius 3 is 2.69 bits per heavy atom. The fourth-order valence-corrected chi connectivity index (χ4v) is 1.09. The molecule has 6 heteroatoms. The first-order chi connectivity index (χ1) is 7.74. The minimum Gasteiger partial charge on any atom is -0.380 e. The molecular weight excluding hydrogens is 206 g/mol. The Balaban J connectivity index is 2.19. The zero-order valence-corrected chi connectivity index (χ0v) is 9.86. The summed E-state index contributed by atoms with van der Waals surface area (Å²) in [5.74, 6) is 0.571. The Kier molecular flexibility index (Phi) is 5.66. The number of anilines is 1. The van der Waals surface area contributed by atoms with E-state index >= 15 is 0 Å². The van der Waals surface area contributed by atoms with Gasteiger partial charge in [-0.1, -0.05) is 0 Å². The molecule has 0 atom stereocenters. The molecule has 0 fully saturated rings. The normalized spacial score (nSPS) is 10.4. The van der Waals surface area contributed by atoms with Crippen molar-refractivity contribution in [3.05, 3.63) is 11.4 Å². The smallest absolute Gasteiger partial charge is 0.242 e. The maximum atomic E-state index is 5.30. The second kappa shape index (κ2) is 7.08. The molecule has 0 spiro atoms. The third kappa shape index (κ3) is 4.50. The average molecular weight is 225 g/mol. The molecule has 0 radical (unpaired) electrons. The molecule has 0 aliphatic heterocycles. The van der Waals surface area contributed by atoms with Gasteiger partial charge in [0.1, 0.15) is 0 Å². The van der Waals surface area contributed by atoms with Gasteiger partial charge < -0.3 is 15.8 Å². The van der Waals surface area contributed by atoms with Crippen molar-refractivity contribution in [2.45, 2.75) is 20.3 Å². The quantitative estimate of drug-likeness (QED) is 0.648. The van der Waals surface area contributed by atoms with Crippen molar-refractivity contribution >= 4 is 5.95 Å². The van der Waals surface area contributed by atoms with Crippen LogP contribution < -0.4 is 11.1 Å². The summed E-state index contributed by atoms with van der Waals surface area (Å²) in [7, 11) is 0. The van der Waals surface area contributed by atoms with Gasteiger partial charge in [-0.2, -0.15) is 5.10 Å². The van der Waals surface area contributed by atoms with Crippen LogP contribution in [-0.2, 0) is 4.74 Å². The van der Waals surface area contributed by atoms with E-state index in [2.05, 4.69) is 20.5 Å². The number of aromatic nitrogens is 3. The summed E-state index contributed by atoms with van der Waals surface area (Å²) in [6, 6.07) is 0. The highest BCUT2D eigenvalue weighted by Gasteiger charge is 1.99. The molecule has 1 aromatic heterocycles. The topological polar surface area (TPSA) is 86.0 Å². The Morgan fingerprint density at radius 1 is 1.19 bits per heavy atom. The number of nitrogens with one attached hydrogen (secondary N) is 1. The Bertz CT molecular complexity index is 318. The van der Waals surface area contributed by atoms with Crippen LogP contribution in [0.4, 0.5) is 5.95 Å². The second-order valence-corrected chi connectivity index (χ2v) is 3.49. The monoisotopic (exact) mass is 225 g/mol. The van der Waals surface area contributed by atoms with Crippen LogP contribution in [0.3, 0.4) is 0 Å². The first-order valence-electron chi connectivity index (χ1n) is 5.43. The lowest BCUT2D eigenvalue weighted by Crippen LogP contribution is -2.13. The van der Waals surface area contributed by atoms with Crippen LogP contribution >= 0.6 is 0 Å². The Hall–Kier alpha value is -1.27. The maximum Gasteiger partial charge on any atom is 0.242 e. The molecule has 90 valence electrons. The van der Waals surface area contributed by atoms with E-state index in [1.54, 1.807) is 0 Å². The van der Waals surface area contributed by atoms with Gasteiger partial charge in [0, 0.05) is 19.7 Å². The van der Waals surface area contributed by atoms with Crippen LogP contribution in [0.1, 0.15) is 17.8 Å². The van der Waals surface area contributed by atoms with Gasteiger partial charge in [0.25, 0.3) is 0 Å². The van der Waals surface area contributed by atoms with Crippen molar-refractivity contribution in [1.82, 2.24) is 15.2 Å². The molecule has 0 aliphatic rings. The van der Waals surface area contributed by atoms with Crippen molar-refractivity contribution in [3.63, 3.8) is 0 Å². The highest BCUT2D eigenvalue weighted by Crippen LogP contribution is 2.01. The molecule has 1 rings (SSSR count). The first-order valence-corrected chi connectivity index (χ1v) is 5.43. The molecule has 16 heavy (non-hydrogen) atoms. The van der Waals surface area contributed by atoms with E-state index in [1.165, 1.54) is 0 Å². The summed E-state index contributed by atoms with van der Waals surface area (Å²) in [4.78, 5) is 4.26. The van der Waals surface area contributed by atoms with Crippen molar-refractivity contribution < 1.29 is 4.74 Å². The van der Waals surface area contributed by atoms with Crippen LogP contribution in [0.5, 0.6) is 0 Å². The number of aryl methyl sites for hydroxylation is 2. The summed E-state index contributed by atoms with van der Waals surface area (Å²) >= 11 is 0. The summed E-state index contributed by atoms with van der Waals surface area (Å²) in [5, 5.41) is 11.0. The van der Waals surface area contributed by atoms with Crippen molar-refractivity contribution in [3.8, 4) is 0 Å². The zero-order valence-electron chi connectivity index (χ0n) is 9.86. The summed E-state index contributed by atoms with van der Waals surface area (Å²) in [6.45, 7) is 6.45. The van der Waals surface area contributed by atoms with Gasteiger partial charge in [-0.3, -0.25) is 0 Å². The molecule has 6 nitrogen and oxygen atoms in total. The van der Waals surface area contributed by atoms with Crippen LogP contribution in [0, 0.1) is 13.8 Å². The number of rotatable bonds is 7. The molecule has 0 aliphatic carbocycles. The predicted octanol–water partition coefficient (Wildman–Crippen LogP) is 0.266. The molecule has 0 amide bonds. The van der Waals surface area contributed by atoms with E-state index in [1.807, 2.05) is 13.8 Å². The average Bonchev–Trinajstić information content (AvgIpc) is 2.28. The van der Waals surface area contributed by atoms with Gasteiger partial charge in [-0.15, -0.1) is 5.10 Å². The van der Waals surface area contributed by atoms with Crippen LogP contribution in [0.15, 0.2) is 0 Å². The van der Waals surface area contributed by atoms with Gasteiger partial charge in [-0.25, -0.2) is 4.98 Å². The lowest BCUT2D eigenvalue weighted by Gasteiger charge is -2.05. The van der Waals surface area contributed by atoms with Gasteiger partial charge in [-0.05, 0) is 20.3 Å². The lowest BCUT2D eigenvalue weighted by molar-refractivity contribution is 0.141. The van der Waals surface area contributed by atoms with Gasteiger partial charge in [0.15, 0.2) is 0 Å². The first kappa shape index (κ1) is 12.8. The van der Waals surface area contributed by atoms with E-state index in [0.717, 1.165) is 24.4 Å². The van der Waals surface area contributed by atoms with Crippen LogP contribution in [0.25, 0.3) is 0 Å². The number of hydrogen-bond acceptors (Lipinski definition) is 6.